The molecule has 0 unspecified atom stereocenters. The monoisotopic (exact) mass is 535 g/mol. The summed E-state index contributed by atoms with van der Waals surface area (Å²) in [7, 11) is -3.62. The molecule has 0 spiro atoms. The number of piperazine rings is 1. The van der Waals surface area contributed by atoms with Crippen molar-refractivity contribution in [1.29, 1.82) is 0 Å². The van der Waals surface area contributed by atoms with Crippen LogP contribution in [0.2, 0.25) is 0 Å². The van der Waals surface area contributed by atoms with Gasteiger partial charge in [-0.25, -0.2) is 13.2 Å². The third-order valence-corrected chi connectivity index (χ3v) is 8.36. The number of aliphatic carboxylic acids is 1. The number of alkyl halides is 3. The highest BCUT2D eigenvalue weighted by atomic mass is 32.2. The Morgan fingerprint density at radius 3 is 2.08 bits per heavy atom. The molecule has 0 radical (unpaired) electrons. The lowest BCUT2D eigenvalue weighted by Crippen LogP contribution is -2.48. The Hall–Kier alpha value is -2.18. The molecule has 1 aliphatic heterocycles. The molecule has 0 atom stereocenters. The van der Waals surface area contributed by atoms with Crippen molar-refractivity contribution in [2.75, 3.05) is 32.7 Å². The first-order chi connectivity index (χ1) is 16.8. The number of nitrogens with zero attached hydrogens (tertiary/aromatic N) is 2. The number of hydrogen-bond donors (Lipinski definition) is 2. The summed E-state index contributed by atoms with van der Waals surface area (Å²) in [5.41, 5.74) is 1.13. The van der Waals surface area contributed by atoms with Crippen molar-refractivity contribution < 1.29 is 36.3 Å². The molecule has 1 aromatic rings. The van der Waals surface area contributed by atoms with Crippen molar-refractivity contribution in [2.45, 2.75) is 75.4 Å². The van der Waals surface area contributed by atoms with Crippen molar-refractivity contribution in [1.82, 2.24) is 14.5 Å². The van der Waals surface area contributed by atoms with E-state index in [-0.39, 0.29) is 24.9 Å². The zero-order chi connectivity index (χ0) is 26.9. The Bertz CT molecular complexity index is 956. The normalized spacial score (nSPS) is 17.6. The van der Waals surface area contributed by atoms with E-state index >= 15 is 0 Å². The second-order valence-electron chi connectivity index (χ2n) is 9.32. The molecule has 1 saturated heterocycles. The Labute approximate surface area is 210 Å². The van der Waals surface area contributed by atoms with Gasteiger partial charge in [0, 0.05) is 45.2 Å². The quantitative estimate of drug-likeness (QED) is 0.553. The largest absolute Gasteiger partial charge is 0.490 e. The van der Waals surface area contributed by atoms with Crippen LogP contribution in [0.15, 0.2) is 29.2 Å². The van der Waals surface area contributed by atoms with Gasteiger partial charge in [0.15, 0.2) is 0 Å². The van der Waals surface area contributed by atoms with Crippen LogP contribution in [0.4, 0.5) is 13.2 Å². The maximum atomic E-state index is 13.5. The number of carboxylic acids is 1. The van der Waals surface area contributed by atoms with Crippen molar-refractivity contribution in [3.8, 4) is 0 Å². The van der Waals surface area contributed by atoms with E-state index < -0.39 is 22.2 Å². The van der Waals surface area contributed by atoms with Gasteiger partial charge in [0.25, 0.3) is 0 Å². The van der Waals surface area contributed by atoms with E-state index in [0.717, 1.165) is 50.8 Å². The van der Waals surface area contributed by atoms with E-state index in [0.29, 0.717) is 23.9 Å². The second kappa shape index (κ2) is 13.4. The molecule has 1 aliphatic carbocycles. The molecule has 0 aromatic heterocycles. The average Bonchev–Trinajstić information content (AvgIpc) is 2.85. The molecule has 8 nitrogen and oxygen atoms in total. The lowest BCUT2D eigenvalue weighted by molar-refractivity contribution is -0.192. The number of rotatable bonds is 7. The minimum absolute atomic E-state index is 0.00523. The third-order valence-electron chi connectivity index (χ3n) is 6.39. The van der Waals surface area contributed by atoms with Crippen LogP contribution in [-0.2, 0) is 19.6 Å². The Morgan fingerprint density at radius 1 is 1.08 bits per heavy atom. The summed E-state index contributed by atoms with van der Waals surface area (Å²) in [6.07, 6.45) is 0.187. The van der Waals surface area contributed by atoms with Crippen LogP contribution in [0.1, 0.15) is 63.9 Å². The molecule has 1 aromatic carbocycles. The van der Waals surface area contributed by atoms with Gasteiger partial charge in [-0.1, -0.05) is 45.2 Å². The number of benzene rings is 1. The Balaban J connectivity index is 0.000000572. The highest BCUT2D eigenvalue weighted by Crippen LogP contribution is 2.29. The fourth-order valence-electron chi connectivity index (χ4n) is 4.31. The summed E-state index contributed by atoms with van der Waals surface area (Å²) in [5.74, 6) is -2.34. The summed E-state index contributed by atoms with van der Waals surface area (Å²) < 4.78 is 60.3. The van der Waals surface area contributed by atoms with Crippen molar-refractivity contribution >= 4 is 21.9 Å². The van der Waals surface area contributed by atoms with Gasteiger partial charge in [0.2, 0.25) is 15.9 Å². The lowest BCUT2D eigenvalue weighted by Gasteiger charge is -2.34. The van der Waals surface area contributed by atoms with Gasteiger partial charge in [-0.15, -0.1) is 0 Å². The Morgan fingerprint density at radius 2 is 1.61 bits per heavy atom. The zero-order valence-electron chi connectivity index (χ0n) is 20.8. The minimum atomic E-state index is -5.08. The minimum Gasteiger partial charge on any atom is -0.475 e. The standard InChI is InChI=1S/C22H35N3O3S.C2HF3O2/c1-18(2)19-8-10-21(11-9-19)29(27,28)25(20-6-4-3-5-7-20)15-12-22(26)24-16-13-23-14-17-24;3-2(4,5)1(6)7/h8-11,18,20,23H,3-7,12-17H2,1-2H3;(H,6,7). The topological polar surface area (TPSA) is 107 Å². The van der Waals surface area contributed by atoms with Crippen LogP contribution < -0.4 is 5.32 Å². The van der Waals surface area contributed by atoms with Crippen molar-refractivity contribution in [3.05, 3.63) is 29.8 Å². The van der Waals surface area contributed by atoms with Gasteiger partial charge in [0.1, 0.15) is 0 Å². The molecule has 1 saturated carbocycles. The predicted octanol–water partition coefficient (Wildman–Crippen LogP) is 3.59. The molecule has 204 valence electrons. The molecular weight excluding hydrogens is 499 g/mol. The average molecular weight is 536 g/mol. The molecule has 12 heteroatoms. The first kappa shape index (κ1) is 30.0. The molecule has 1 amide bonds. The fraction of sp³-hybridized carbons (Fsp3) is 0.667. The van der Waals surface area contributed by atoms with Gasteiger partial charge in [0.05, 0.1) is 4.90 Å². The number of carbonyl (C=O) groups is 2. The summed E-state index contributed by atoms with van der Waals surface area (Å²) >= 11 is 0. The van der Waals surface area contributed by atoms with Gasteiger partial charge in [-0.2, -0.15) is 17.5 Å². The maximum Gasteiger partial charge on any atom is 0.490 e. The predicted molar refractivity (Wildman–Crippen MR) is 129 cm³/mol. The van der Waals surface area contributed by atoms with Crippen molar-refractivity contribution in [3.63, 3.8) is 0 Å². The van der Waals surface area contributed by atoms with E-state index in [1.165, 1.54) is 0 Å². The highest BCUT2D eigenvalue weighted by Gasteiger charge is 2.38. The van der Waals surface area contributed by atoms with Crippen molar-refractivity contribution in [2.24, 2.45) is 0 Å². The van der Waals surface area contributed by atoms with E-state index in [4.69, 9.17) is 9.90 Å². The lowest BCUT2D eigenvalue weighted by atomic mass is 9.95. The first-order valence-electron chi connectivity index (χ1n) is 12.2. The Kier molecular flexibility index (Phi) is 11.2. The number of hydrogen-bond acceptors (Lipinski definition) is 5. The molecule has 0 bridgehead atoms. The van der Waals surface area contributed by atoms with E-state index in [1.54, 1.807) is 16.4 Å². The van der Waals surface area contributed by atoms with Crippen LogP contribution in [0.3, 0.4) is 0 Å². The highest BCUT2D eigenvalue weighted by molar-refractivity contribution is 7.89. The summed E-state index contributed by atoms with van der Waals surface area (Å²) in [6.45, 7) is 7.47. The third kappa shape index (κ3) is 8.74. The fourth-order valence-corrected chi connectivity index (χ4v) is 5.99. The molecular formula is C24H36F3N3O5S. The number of nitrogens with one attached hydrogen (secondary N) is 1. The second-order valence-corrected chi connectivity index (χ2v) is 11.2. The van der Waals surface area contributed by atoms with Crippen LogP contribution in [0.5, 0.6) is 0 Å². The SMILES string of the molecule is CC(C)c1ccc(S(=O)(=O)N(CCC(=O)N2CCNCC2)C2CCCCC2)cc1.O=C(O)C(F)(F)F. The van der Waals surface area contributed by atoms with Crippen LogP contribution in [0, 0.1) is 0 Å². The molecule has 3 rings (SSSR count). The van der Waals surface area contributed by atoms with Gasteiger partial charge < -0.3 is 15.3 Å². The first-order valence-corrected chi connectivity index (χ1v) is 13.7. The molecule has 1 heterocycles. The van der Waals surface area contributed by atoms with Gasteiger partial charge in [-0.3, -0.25) is 4.79 Å². The maximum absolute atomic E-state index is 13.5. The number of carboxylic acid groups (broad SMARTS) is 1. The molecule has 2 aliphatic rings. The van der Waals surface area contributed by atoms with E-state index in [9.17, 15) is 26.4 Å². The summed E-state index contributed by atoms with van der Waals surface area (Å²) in [4.78, 5) is 23.7. The van der Waals surface area contributed by atoms with Crippen LogP contribution in [-0.4, -0.2) is 79.5 Å². The number of sulfonamides is 1. The summed E-state index contributed by atoms with van der Waals surface area (Å²) in [6, 6.07) is 7.25. The molecule has 36 heavy (non-hydrogen) atoms. The zero-order valence-corrected chi connectivity index (χ0v) is 21.6. The van der Waals surface area contributed by atoms with E-state index in [1.807, 2.05) is 17.0 Å². The van der Waals surface area contributed by atoms with E-state index in [2.05, 4.69) is 19.2 Å². The number of halogens is 3. The number of carbonyl (C=O) groups excluding carboxylic acids is 1. The van der Waals surface area contributed by atoms with Crippen LogP contribution in [0.25, 0.3) is 0 Å². The van der Waals surface area contributed by atoms with Gasteiger partial charge in [-0.05, 0) is 36.5 Å². The van der Waals surface area contributed by atoms with Gasteiger partial charge >= 0.3 is 12.1 Å². The molecule has 2 fully saturated rings. The smallest absolute Gasteiger partial charge is 0.475 e. The summed E-state index contributed by atoms with van der Waals surface area (Å²) in [5, 5.41) is 10.4. The molecule has 2 N–H and O–H groups in total. The number of amides is 1. The van der Waals surface area contributed by atoms with Crippen LogP contribution >= 0.6 is 0 Å².